The van der Waals surface area contributed by atoms with Gasteiger partial charge in [0.15, 0.2) is 5.69 Å². The predicted molar refractivity (Wildman–Crippen MR) is 136 cm³/mol. The molecule has 0 fully saturated rings. The minimum atomic E-state index is -0.745. The molecular weight excluding hydrogens is 464 g/mol. The number of para-hydroxylation sites is 1. The van der Waals surface area contributed by atoms with E-state index in [0.29, 0.717) is 22.3 Å². The SMILES string of the molecule is Cc1c(-n2nnnc2SCC(O)COc2ccc(C(C)(C)C)cc2)c(=O)n(-c2ccccc2)n1C. The highest BCUT2D eigenvalue weighted by atomic mass is 32.2. The van der Waals surface area contributed by atoms with Crippen LogP contribution in [-0.4, -0.2) is 53.1 Å². The fourth-order valence-electron chi connectivity index (χ4n) is 3.67. The summed E-state index contributed by atoms with van der Waals surface area (Å²) in [5, 5.41) is 22.8. The molecule has 0 aliphatic heterocycles. The van der Waals surface area contributed by atoms with Gasteiger partial charge in [0.1, 0.15) is 12.4 Å². The van der Waals surface area contributed by atoms with Crippen LogP contribution in [-0.2, 0) is 12.5 Å². The third-order valence-corrected chi connectivity index (χ3v) is 6.81. The standard InChI is InChI=1S/C25H30N6O3S/c1-17-22(23(33)31(29(17)5)19-9-7-6-8-10-19)30-24(26-27-28-30)35-16-20(32)15-34-21-13-11-18(12-14-21)25(2,3)4/h6-14,20,32H,15-16H2,1-5H3. The van der Waals surface area contributed by atoms with Crippen LogP contribution >= 0.6 is 11.8 Å². The molecule has 10 heteroatoms. The Morgan fingerprint density at radius 2 is 1.77 bits per heavy atom. The lowest BCUT2D eigenvalue weighted by Gasteiger charge is -2.19. The highest BCUT2D eigenvalue weighted by Gasteiger charge is 2.22. The Bertz CT molecular complexity index is 1340. The zero-order valence-corrected chi connectivity index (χ0v) is 21.4. The molecule has 0 saturated carbocycles. The van der Waals surface area contributed by atoms with Crippen LogP contribution in [0.5, 0.6) is 5.75 Å². The van der Waals surface area contributed by atoms with Crippen molar-refractivity contribution in [3.63, 3.8) is 0 Å². The molecule has 0 aliphatic rings. The maximum Gasteiger partial charge on any atom is 0.297 e. The van der Waals surface area contributed by atoms with Gasteiger partial charge in [-0.25, -0.2) is 4.68 Å². The van der Waals surface area contributed by atoms with E-state index in [0.717, 1.165) is 11.4 Å². The molecular formula is C25H30N6O3S. The summed E-state index contributed by atoms with van der Waals surface area (Å²) in [7, 11) is 1.82. The average Bonchev–Trinajstić information content (AvgIpc) is 3.38. The highest BCUT2D eigenvalue weighted by molar-refractivity contribution is 7.99. The van der Waals surface area contributed by atoms with Crippen molar-refractivity contribution in [2.75, 3.05) is 12.4 Å². The lowest BCUT2D eigenvalue weighted by Crippen LogP contribution is -2.22. The molecule has 4 aromatic rings. The van der Waals surface area contributed by atoms with Crippen LogP contribution in [0.15, 0.2) is 64.5 Å². The van der Waals surface area contributed by atoms with Crippen molar-refractivity contribution in [1.29, 1.82) is 0 Å². The quantitative estimate of drug-likeness (QED) is 0.375. The molecule has 9 nitrogen and oxygen atoms in total. The second-order valence-corrected chi connectivity index (χ2v) is 10.3. The van der Waals surface area contributed by atoms with Gasteiger partial charge in [0.2, 0.25) is 5.16 Å². The Morgan fingerprint density at radius 3 is 2.43 bits per heavy atom. The molecule has 0 bridgehead atoms. The number of aliphatic hydroxyl groups is 1. The van der Waals surface area contributed by atoms with Crippen LogP contribution in [0.25, 0.3) is 11.4 Å². The topological polar surface area (TPSA) is 100.0 Å². The van der Waals surface area contributed by atoms with E-state index in [1.165, 1.54) is 22.0 Å². The van der Waals surface area contributed by atoms with Gasteiger partial charge in [0.05, 0.1) is 17.5 Å². The number of ether oxygens (including phenoxy) is 1. The number of aromatic nitrogens is 6. The van der Waals surface area contributed by atoms with Crippen LogP contribution in [0, 0.1) is 6.92 Å². The molecule has 0 saturated heterocycles. The molecule has 0 amide bonds. The average molecular weight is 495 g/mol. The summed E-state index contributed by atoms with van der Waals surface area (Å²) in [6, 6.07) is 17.3. The van der Waals surface area contributed by atoms with Gasteiger partial charge in [-0.1, -0.05) is 62.9 Å². The van der Waals surface area contributed by atoms with Crippen molar-refractivity contribution in [2.45, 2.75) is 44.4 Å². The van der Waals surface area contributed by atoms with E-state index in [1.54, 1.807) is 9.36 Å². The minimum Gasteiger partial charge on any atom is -0.491 e. The first-order valence-electron chi connectivity index (χ1n) is 11.3. The van der Waals surface area contributed by atoms with E-state index in [-0.39, 0.29) is 17.6 Å². The lowest BCUT2D eigenvalue weighted by molar-refractivity contribution is 0.126. The summed E-state index contributed by atoms with van der Waals surface area (Å²) in [5.41, 5.74) is 2.90. The van der Waals surface area contributed by atoms with Crippen molar-refractivity contribution < 1.29 is 9.84 Å². The Balaban J connectivity index is 1.44. The van der Waals surface area contributed by atoms with Crippen LogP contribution in [0.1, 0.15) is 32.0 Å². The van der Waals surface area contributed by atoms with E-state index in [4.69, 9.17) is 4.74 Å². The van der Waals surface area contributed by atoms with Crippen LogP contribution < -0.4 is 10.3 Å². The zero-order valence-electron chi connectivity index (χ0n) is 20.5. The normalized spacial score (nSPS) is 12.6. The Labute approximate surface area is 208 Å². The maximum atomic E-state index is 13.3. The van der Waals surface area contributed by atoms with Gasteiger partial charge >= 0.3 is 0 Å². The summed E-state index contributed by atoms with van der Waals surface area (Å²) in [5.74, 6) is 1.01. The molecule has 2 heterocycles. The van der Waals surface area contributed by atoms with Crippen molar-refractivity contribution in [2.24, 2.45) is 7.05 Å². The van der Waals surface area contributed by atoms with Gasteiger partial charge in [-0.15, -0.1) is 5.10 Å². The van der Waals surface area contributed by atoms with Crippen molar-refractivity contribution >= 4 is 11.8 Å². The van der Waals surface area contributed by atoms with E-state index >= 15 is 0 Å². The summed E-state index contributed by atoms with van der Waals surface area (Å²) < 4.78 is 10.5. The molecule has 0 spiro atoms. The number of aliphatic hydroxyl groups excluding tert-OH is 1. The van der Waals surface area contributed by atoms with Gasteiger partial charge in [0.25, 0.3) is 5.56 Å². The minimum absolute atomic E-state index is 0.0695. The summed E-state index contributed by atoms with van der Waals surface area (Å²) in [6.45, 7) is 8.45. The number of tetrazole rings is 1. The Morgan fingerprint density at radius 1 is 1.09 bits per heavy atom. The first-order chi connectivity index (χ1) is 16.7. The first kappa shape index (κ1) is 24.7. The molecule has 184 valence electrons. The van der Waals surface area contributed by atoms with Gasteiger partial charge in [0, 0.05) is 12.8 Å². The number of hydrogen-bond acceptors (Lipinski definition) is 7. The number of thioether (sulfide) groups is 1. The Hall–Kier alpha value is -3.37. The fraction of sp³-hybridized carbons (Fsp3) is 0.360. The fourth-order valence-corrected chi connectivity index (χ4v) is 4.45. The number of benzene rings is 2. The molecule has 1 atom stereocenters. The summed E-state index contributed by atoms with van der Waals surface area (Å²) in [6.07, 6.45) is -0.745. The van der Waals surface area contributed by atoms with E-state index in [9.17, 15) is 9.90 Å². The highest BCUT2D eigenvalue weighted by Crippen LogP contribution is 2.25. The van der Waals surface area contributed by atoms with E-state index in [1.807, 2.05) is 68.6 Å². The number of hydrogen-bond donors (Lipinski definition) is 1. The molecule has 0 radical (unpaired) electrons. The van der Waals surface area contributed by atoms with Gasteiger partial charge in [-0.05, 0) is 52.6 Å². The largest absolute Gasteiger partial charge is 0.491 e. The molecule has 1 unspecified atom stereocenters. The van der Waals surface area contributed by atoms with Crippen molar-refractivity contribution in [1.82, 2.24) is 29.6 Å². The molecule has 1 N–H and O–H groups in total. The second-order valence-electron chi connectivity index (χ2n) is 9.33. The third-order valence-electron chi connectivity index (χ3n) is 5.74. The number of nitrogens with zero attached hydrogens (tertiary/aromatic N) is 6. The van der Waals surface area contributed by atoms with Crippen molar-refractivity contribution in [3.8, 4) is 17.1 Å². The maximum absolute atomic E-state index is 13.3. The molecule has 35 heavy (non-hydrogen) atoms. The number of rotatable bonds is 8. The van der Waals surface area contributed by atoms with Gasteiger partial charge < -0.3 is 9.84 Å². The van der Waals surface area contributed by atoms with Crippen LogP contribution in [0.2, 0.25) is 0 Å². The van der Waals surface area contributed by atoms with Crippen molar-refractivity contribution in [3.05, 3.63) is 76.2 Å². The predicted octanol–water partition coefficient (Wildman–Crippen LogP) is 3.29. The van der Waals surface area contributed by atoms with Gasteiger partial charge in [-0.2, -0.15) is 4.68 Å². The molecule has 0 aliphatic carbocycles. The smallest absolute Gasteiger partial charge is 0.297 e. The third kappa shape index (κ3) is 5.33. The van der Waals surface area contributed by atoms with E-state index in [2.05, 4.69) is 36.3 Å². The monoisotopic (exact) mass is 494 g/mol. The molecule has 2 aromatic carbocycles. The molecule has 2 aromatic heterocycles. The zero-order chi connectivity index (χ0) is 25.2. The second kappa shape index (κ2) is 10.1. The van der Waals surface area contributed by atoms with Crippen LogP contribution in [0.3, 0.4) is 0 Å². The van der Waals surface area contributed by atoms with E-state index < -0.39 is 6.10 Å². The molecule has 4 rings (SSSR count). The Kier molecular flexibility index (Phi) is 7.13. The van der Waals surface area contributed by atoms with Crippen LogP contribution in [0.4, 0.5) is 0 Å². The first-order valence-corrected chi connectivity index (χ1v) is 12.3. The lowest BCUT2D eigenvalue weighted by atomic mass is 9.87. The van der Waals surface area contributed by atoms with Gasteiger partial charge in [-0.3, -0.25) is 9.48 Å². The summed E-state index contributed by atoms with van der Waals surface area (Å²) in [4.78, 5) is 13.3. The summed E-state index contributed by atoms with van der Waals surface area (Å²) >= 11 is 1.27.